The summed E-state index contributed by atoms with van der Waals surface area (Å²) in [4.78, 5) is 23.9. The largest absolute Gasteiger partial charge is 0.465 e. The van der Waals surface area contributed by atoms with Crippen molar-refractivity contribution in [3.8, 4) is 0 Å². The van der Waals surface area contributed by atoms with Gasteiger partial charge in [-0.2, -0.15) is 0 Å². The van der Waals surface area contributed by atoms with Crippen LogP contribution >= 0.6 is 47.8 Å². The van der Waals surface area contributed by atoms with Gasteiger partial charge in [0.2, 0.25) is 0 Å². The Bertz CT molecular complexity index is 320. The first-order chi connectivity index (χ1) is 8.28. The van der Waals surface area contributed by atoms with Crippen LogP contribution in [0.2, 0.25) is 0 Å². The van der Waals surface area contributed by atoms with Gasteiger partial charge in [-0.15, -0.1) is 0 Å². The first kappa shape index (κ1) is 16.4. The third-order valence-electron chi connectivity index (χ3n) is 2.86. The summed E-state index contributed by atoms with van der Waals surface area (Å²) in [7, 11) is 0. The normalized spacial score (nSPS) is 21.3. The maximum absolute atomic E-state index is 12.0. The van der Waals surface area contributed by atoms with E-state index in [9.17, 15) is 9.59 Å². The van der Waals surface area contributed by atoms with Crippen molar-refractivity contribution in [2.45, 2.75) is 28.8 Å². The first-order valence-corrected chi connectivity index (χ1v) is 8.07. The van der Waals surface area contributed by atoms with E-state index in [1.54, 1.807) is 13.8 Å². The standard InChI is InChI=1S/C11H15Br3O4/c1-3-17-8(15)10(9(16)18-4-2)5-7(10)6-11(12,13)14/h7H,3-6H2,1-2H3. The van der Waals surface area contributed by atoms with Gasteiger partial charge in [-0.25, -0.2) is 0 Å². The Kier molecular flexibility index (Phi) is 5.68. The quantitative estimate of drug-likeness (QED) is 0.366. The molecular weight excluding hydrogens is 436 g/mol. The lowest BCUT2D eigenvalue weighted by molar-refractivity contribution is -0.165. The van der Waals surface area contributed by atoms with Gasteiger partial charge in [0.1, 0.15) is 2.14 Å². The van der Waals surface area contributed by atoms with E-state index in [0.29, 0.717) is 12.8 Å². The molecule has 1 aliphatic carbocycles. The molecule has 0 aromatic rings. The van der Waals surface area contributed by atoms with E-state index in [2.05, 4.69) is 47.8 Å². The number of halogens is 3. The zero-order valence-electron chi connectivity index (χ0n) is 10.2. The number of carbonyl (C=O) groups excluding carboxylic acids is 2. The van der Waals surface area contributed by atoms with E-state index in [0.717, 1.165) is 0 Å². The molecule has 1 rings (SSSR count). The van der Waals surface area contributed by atoms with Gasteiger partial charge in [-0.3, -0.25) is 9.59 Å². The SMILES string of the molecule is CCOC(=O)C1(C(=O)OCC)CC1CC(Br)(Br)Br. The minimum absolute atomic E-state index is 0.0891. The van der Waals surface area contributed by atoms with Crippen LogP contribution in [0, 0.1) is 11.3 Å². The Hall–Kier alpha value is 0.380. The van der Waals surface area contributed by atoms with Gasteiger partial charge in [0.05, 0.1) is 13.2 Å². The van der Waals surface area contributed by atoms with Gasteiger partial charge in [-0.05, 0) is 32.6 Å². The molecule has 0 saturated heterocycles. The summed E-state index contributed by atoms with van der Waals surface area (Å²) in [6, 6.07) is 0. The summed E-state index contributed by atoms with van der Waals surface area (Å²) in [5.74, 6) is -1.05. The van der Waals surface area contributed by atoms with Crippen LogP contribution in [0.1, 0.15) is 26.7 Å². The summed E-state index contributed by atoms with van der Waals surface area (Å²) >= 11 is 10.1. The predicted molar refractivity (Wildman–Crippen MR) is 77.9 cm³/mol. The molecule has 0 N–H and O–H groups in total. The van der Waals surface area contributed by atoms with Gasteiger partial charge in [-0.1, -0.05) is 47.8 Å². The fourth-order valence-corrected chi connectivity index (χ4v) is 3.13. The topological polar surface area (TPSA) is 52.6 Å². The van der Waals surface area contributed by atoms with Crippen molar-refractivity contribution in [2.24, 2.45) is 11.3 Å². The highest BCUT2D eigenvalue weighted by atomic mass is 80.0. The molecule has 7 heteroatoms. The van der Waals surface area contributed by atoms with Gasteiger partial charge in [0.25, 0.3) is 0 Å². The van der Waals surface area contributed by atoms with E-state index in [-0.39, 0.29) is 19.1 Å². The number of esters is 2. The summed E-state index contributed by atoms with van der Waals surface area (Å²) in [6.07, 6.45) is 1.04. The minimum Gasteiger partial charge on any atom is -0.465 e. The molecule has 0 radical (unpaired) electrons. The molecule has 0 bridgehead atoms. The van der Waals surface area contributed by atoms with Crippen LogP contribution in [0.25, 0.3) is 0 Å². The Morgan fingerprint density at radius 1 is 1.17 bits per heavy atom. The average molecular weight is 451 g/mol. The number of carbonyl (C=O) groups is 2. The molecule has 0 aromatic heterocycles. The van der Waals surface area contributed by atoms with Gasteiger partial charge < -0.3 is 9.47 Å². The monoisotopic (exact) mass is 448 g/mol. The number of alkyl halides is 3. The second-order valence-electron chi connectivity index (χ2n) is 4.13. The lowest BCUT2D eigenvalue weighted by atomic mass is 10.0. The summed E-state index contributed by atoms with van der Waals surface area (Å²) in [5, 5.41) is 0. The maximum atomic E-state index is 12.0. The third kappa shape index (κ3) is 3.70. The van der Waals surface area contributed by atoms with E-state index < -0.39 is 19.5 Å². The van der Waals surface area contributed by atoms with Crippen molar-refractivity contribution in [1.29, 1.82) is 0 Å². The molecule has 18 heavy (non-hydrogen) atoms. The second kappa shape index (κ2) is 6.22. The second-order valence-corrected chi connectivity index (χ2v) is 11.4. The number of rotatable bonds is 5. The van der Waals surface area contributed by atoms with Gasteiger partial charge >= 0.3 is 11.9 Å². The number of ether oxygens (including phenoxy) is 2. The van der Waals surface area contributed by atoms with E-state index in [4.69, 9.17) is 9.47 Å². The van der Waals surface area contributed by atoms with Crippen molar-refractivity contribution < 1.29 is 19.1 Å². The van der Waals surface area contributed by atoms with Crippen LogP contribution in [0.4, 0.5) is 0 Å². The summed E-state index contributed by atoms with van der Waals surface area (Å²) in [5.41, 5.74) is -1.12. The molecule has 0 heterocycles. The van der Waals surface area contributed by atoms with Crippen molar-refractivity contribution in [3.05, 3.63) is 0 Å². The molecule has 0 spiro atoms. The predicted octanol–water partition coefficient (Wildman–Crippen LogP) is 3.35. The molecule has 0 amide bonds. The Morgan fingerprint density at radius 2 is 1.61 bits per heavy atom. The van der Waals surface area contributed by atoms with Crippen LogP contribution in [0.3, 0.4) is 0 Å². The molecular formula is C11H15Br3O4. The molecule has 0 aliphatic heterocycles. The van der Waals surface area contributed by atoms with E-state index >= 15 is 0 Å². The highest BCUT2D eigenvalue weighted by Crippen LogP contribution is 2.60. The highest BCUT2D eigenvalue weighted by molar-refractivity contribution is 9.39. The molecule has 1 fully saturated rings. The molecule has 1 unspecified atom stereocenters. The molecule has 0 aromatic carbocycles. The summed E-state index contributed by atoms with van der Waals surface area (Å²) in [6.45, 7) is 3.96. The fraction of sp³-hybridized carbons (Fsp3) is 0.818. The fourth-order valence-electron chi connectivity index (χ4n) is 1.96. The number of hydrogen-bond donors (Lipinski definition) is 0. The van der Waals surface area contributed by atoms with Crippen LogP contribution in [-0.4, -0.2) is 27.3 Å². The van der Waals surface area contributed by atoms with Crippen molar-refractivity contribution in [2.75, 3.05) is 13.2 Å². The highest BCUT2D eigenvalue weighted by Gasteiger charge is 2.68. The van der Waals surface area contributed by atoms with Crippen LogP contribution < -0.4 is 0 Å². The zero-order valence-corrected chi connectivity index (χ0v) is 14.9. The third-order valence-corrected chi connectivity index (χ3v) is 3.83. The maximum Gasteiger partial charge on any atom is 0.323 e. The van der Waals surface area contributed by atoms with Gasteiger partial charge in [0.15, 0.2) is 5.41 Å². The average Bonchev–Trinajstić information content (AvgIpc) is 2.91. The molecule has 104 valence electrons. The smallest absolute Gasteiger partial charge is 0.323 e. The minimum atomic E-state index is -1.12. The van der Waals surface area contributed by atoms with Crippen molar-refractivity contribution >= 4 is 59.7 Å². The molecule has 1 saturated carbocycles. The van der Waals surface area contributed by atoms with Crippen LogP contribution in [0.15, 0.2) is 0 Å². The zero-order chi connectivity index (χ0) is 14.0. The lowest BCUT2D eigenvalue weighted by Crippen LogP contribution is -2.32. The van der Waals surface area contributed by atoms with Crippen LogP contribution in [0.5, 0.6) is 0 Å². The molecule has 1 atom stereocenters. The summed E-state index contributed by atoms with van der Waals surface area (Å²) < 4.78 is 9.52. The first-order valence-electron chi connectivity index (χ1n) is 5.69. The Labute approximate surface area is 132 Å². The van der Waals surface area contributed by atoms with Crippen molar-refractivity contribution in [1.82, 2.24) is 0 Å². The molecule has 4 nitrogen and oxygen atoms in total. The van der Waals surface area contributed by atoms with E-state index in [1.807, 2.05) is 0 Å². The van der Waals surface area contributed by atoms with Crippen LogP contribution in [-0.2, 0) is 19.1 Å². The Morgan fingerprint density at radius 3 is 1.94 bits per heavy atom. The van der Waals surface area contributed by atoms with Crippen molar-refractivity contribution in [3.63, 3.8) is 0 Å². The molecule has 1 aliphatic rings. The van der Waals surface area contributed by atoms with E-state index in [1.165, 1.54) is 0 Å². The Balaban J connectivity index is 2.80. The lowest BCUT2D eigenvalue weighted by Gasteiger charge is -2.17. The number of hydrogen-bond acceptors (Lipinski definition) is 4. The van der Waals surface area contributed by atoms with Gasteiger partial charge in [0, 0.05) is 0 Å².